The van der Waals surface area contributed by atoms with Gasteiger partial charge in [-0.2, -0.15) is 0 Å². The molecule has 0 spiro atoms. The Morgan fingerprint density at radius 1 is 0.241 bits per heavy atom. The van der Waals surface area contributed by atoms with E-state index in [1.807, 2.05) is 12.2 Å². The lowest BCUT2D eigenvalue weighted by Gasteiger charge is -2.18. The molecule has 0 saturated heterocycles. The average Bonchev–Trinajstić information content (AvgIpc) is 3.49. The van der Waals surface area contributed by atoms with E-state index in [0.29, 0.717) is 19.3 Å². The predicted octanol–water partition coefficient (Wildman–Crippen LogP) is 22.5. The van der Waals surface area contributed by atoms with Crippen molar-refractivity contribution < 1.29 is 28.6 Å². The van der Waals surface area contributed by atoms with Gasteiger partial charge < -0.3 is 14.2 Å². The number of carbonyl (C=O) groups is 3. The predicted molar refractivity (Wildman–Crippen MR) is 361 cm³/mol. The van der Waals surface area contributed by atoms with E-state index in [-0.39, 0.29) is 44.0 Å². The number of allylic oxidation sites excluding steroid dienone is 36. The third-order valence-corrected chi connectivity index (χ3v) is 12.5. The highest BCUT2D eigenvalue weighted by Crippen LogP contribution is 2.12. The fourth-order valence-electron chi connectivity index (χ4n) is 7.77. The number of hydrogen-bond donors (Lipinski definition) is 0. The van der Waals surface area contributed by atoms with Gasteiger partial charge in [-0.1, -0.05) is 265 Å². The first-order valence-electron chi connectivity index (χ1n) is 32.2. The van der Waals surface area contributed by atoms with E-state index in [1.165, 1.54) is 0 Å². The van der Waals surface area contributed by atoms with Crippen molar-refractivity contribution in [1.82, 2.24) is 0 Å². The van der Waals surface area contributed by atoms with Gasteiger partial charge in [0, 0.05) is 19.3 Å². The van der Waals surface area contributed by atoms with Crippen LogP contribution in [-0.4, -0.2) is 37.2 Å². The van der Waals surface area contributed by atoms with Crippen molar-refractivity contribution in [3.8, 4) is 0 Å². The zero-order valence-electron chi connectivity index (χ0n) is 52.4. The third-order valence-electron chi connectivity index (χ3n) is 12.5. The summed E-state index contributed by atoms with van der Waals surface area (Å²) >= 11 is 0. The molecule has 1 atom stereocenters. The molecule has 1 unspecified atom stereocenters. The minimum atomic E-state index is -0.848. The van der Waals surface area contributed by atoms with Crippen LogP contribution in [0.25, 0.3) is 0 Å². The monoisotopic (exact) mass is 1130 g/mol. The van der Waals surface area contributed by atoms with Gasteiger partial charge >= 0.3 is 17.9 Å². The fourth-order valence-corrected chi connectivity index (χ4v) is 7.77. The lowest BCUT2D eigenvalue weighted by Crippen LogP contribution is -2.30. The minimum absolute atomic E-state index is 0.137. The average molecular weight is 1140 g/mol. The summed E-state index contributed by atoms with van der Waals surface area (Å²) in [4.78, 5) is 38.2. The molecule has 0 aromatic carbocycles. The van der Waals surface area contributed by atoms with Crippen LogP contribution in [0.15, 0.2) is 219 Å². The van der Waals surface area contributed by atoms with Gasteiger partial charge in [0.15, 0.2) is 6.10 Å². The molecule has 0 aliphatic carbocycles. The lowest BCUT2D eigenvalue weighted by molar-refractivity contribution is -0.166. The molecule has 0 amide bonds. The first-order chi connectivity index (χ1) is 41.0. The van der Waals surface area contributed by atoms with Gasteiger partial charge in [0.05, 0.1) is 0 Å². The molecule has 6 nitrogen and oxygen atoms in total. The summed E-state index contributed by atoms with van der Waals surface area (Å²) in [6.45, 7) is 6.16. The lowest BCUT2D eigenvalue weighted by atomic mass is 10.1. The van der Waals surface area contributed by atoms with Crippen LogP contribution in [0.4, 0.5) is 0 Å². The van der Waals surface area contributed by atoms with E-state index in [9.17, 15) is 14.4 Å². The maximum atomic E-state index is 12.9. The number of ether oxygens (including phenoxy) is 3. The zero-order chi connectivity index (χ0) is 59.9. The van der Waals surface area contributed by atoms with E-state index >= 15 is 0 Å². The summed E-state index contributed by atoms with van der Waals surface area (Å²) < 4.78 is 16.8. The highest BCUT2D eigenvalue weighted by atomic mass is 16.6. The number of carbonyl (C=O) groups excluding carboxylic acids is 3. The maximum absolute atomic E-state index is 12.9. The molecule has 0 fully saturated rings. The molecule has 83 heavy (non-hydrogen) atoms. The Morgan fingerprint density at radius 3 is 0.759 bits per heavy atom. The quantitative estimate of drug-likeness (QED) is 0.0261. The van der Waals surface area contributed by atoms with Crippen molar-refractivity contribution in [2.45, 2.75) is 232 Å². The van der Waals surface area contributed by atoms with Crippen molar-refractivity contribution in [2.24, 2.45) is 0 Å². The second kappa shape index (κ2) is 68.2. The number of esters is 3. The van der Waals surface area contributed by atoms with Gasteiger partial charge in [0.2, 0.25) is 0 Å². The Balaban J connectivity index is 4.47. The van der Waals surface area contributed by atoms with Crippen LogP contribution in [0.2, 0.25) is 0 Å². The first kappa shape index (κ1) is 76.7. The van der Waals surface area contributed by atoms with Crippen LogP contribution in [0, 0.1) is 0 Å². The summed E-state index contributed by atoms with van der Waals surface area (Å²) in [5.74, 6) is -1.09. The van der Waals surface area contributed by atoms with Gasteiger partial charge in [-0.15, -0.1) is 0 Å². The van der Waals surface area contributed by atoms with E-state index in [4.69, 9.17) is 14.2 Å². The smallest absolute Gasteiger partial charge is 0.306 e. The van der Waals surface area contributed by atoms with Crippen LogP contribution in [0.3, 0.4) is 0 Å². The first-order valence-corrected chi connectivity index (χ1v) is 32.2. The van der Waals surface area contributed by atoms with E-state index in [1.54, 1.807) is 0 Å². The molecule has 0 rings (SSSR count). The Morgan fingerprint density at radius 2 is 0.458 bits per heavy atom. The largest absolute Gasteiger partial charge is 0.462 e. The van der Waals surface area contributed by atoms with Crippen LogP contribution in [-0.2, 0) is 28.6 Å². The van der Waals surface area contributed by atoms with E-state index in [2.05, 4.69) is 227 Å². The molecule has 0 saturated carbocycles. The van der Waals surface area contributed by atoms with Crippen molar-refractivity contribution >= 4 is 17.9 Å². The summed E-state index contributed by atoms with van der Waals surface area (Å²) in [5.41, 5.74) is 0. The van der Waals surface area contributed by atoms with Crippen molar-refractivity contribution in [3.63, 3.8) is 0 Å². The Bertz CT molecular complexity index is 2080. The second-order valence-corrected chi connectivity index (χ2v) is 20.2. The molecule has 0 aromatic heterocycles. The molecule has 0 aliphatic rings. The molecule has 6 heteroatoms. The summed E-state index contributed by atoms with van der Waals surface area (Å²) in [6, 6.07) is 0. The number of rotatable bonds is 55. The van der Waals surface area contributed by atoms with Gasteiger partial charge in [-0.3, -0.25) is 14.4 Å². The van der Waals surface area contributed by atoms with Gasteiger partial charge in [0.25, 0.3) is 0 Å². The Hall–Kier alpha value is -6.27. The molecular weight excluding hydrogens is 1020 g/mol. The minimum Gasteiger partial charge on any atom is -0.462 e. The Labute approximate surface area is 508 Å². The number of unbranched alkanes of at least 4 members (excludes halogenated alkanes) is 8. The maximum Gasteiger partial charge on any atom is 0.306 e. The molecule has 0 N–H and O–H groups in total. The van der Waals surface area contributed by atoms with Crippen LogP contribution >= 0.6 is 0 Å². The van der Waals surface area contributed by atoms with Crippen LogP contribution in [0.5, 0.6) is 0 Å². The molecule has 0 heterocycles. The standard InChI is InChI=1S/C77H114O6/c1-4-7-10-13-16-19-22-25-27-29-31-32-33-34-35-36-37-38-39-40-41-42-43-44-46-47-49-52-55-58-61-64-67-70-76(79)82-73-74(72-81-75(78)69-66-63-60-57-54-51-24-21-18-15-12-9-6-3)83-77(80)71-68-65-62-59-56-53-50-48-45-30-28-26-23-20-17-14-11-8-5-2/h7-12,16-21,25-28,31-32,34-35,37-38,40-41,43-45,47-49,51,53-54,56,60,63,74H,4-6,13-15,22-24,29-30,33,36,39,42,46,50,52,55,57-59,61-62,64-73H2,1-3H3/b10-7-,11-8-,12-9-,19-16-,20-17-,21-18-,27-25-,28-26-,32-31-,35-34-,38-37-,41-40-,44-43-,48-45-,49-47-,54-51-,56-53-,63-60-. The molecule has 0 bridgehead atoms. The summed E-state index contributed by atoms with van der Waals surface area (Å²) in [7, 11) is 0. The van der Waals surface area contributed by atoms with Gasteiger partial charge in [0.1, 0.15) is 13.2 Å². The van der Waals surface area contributed by atoms with Crippen LogP contribution < -0.4 is 0 Å². The molecular formula is C77H114O6. The SMILES string of the molecule is CC/C=C\C/C=C\C/C=C\C/C=C\C/C=C\C/C=C\C/C=C\C/C=C\C/C=C\CCCCCCCC(=O)OCC(COC(=O)CC/C=C\C/C=C\C/C=C\C/C=C\CC)OC(=O)CCCCC/C=C\C/C=C\C/C=C\C/C=C\C/C=C\CC. The highest BCUT2D eigenvalue weighted by Gasteiger charge is 2.19. The fraction of sp³-hybridized carbons (Fsp3) is 0.494. The van der Waals surface area contributed by atoms with Crippen molar-refractivity contribution in [1.29, 1.82) is 0 Å². The van der Waals surface area contributed by atoms with Gasteiger partial charge in [-0.05, 0) is 161 Å². The molecule has 458 valence electrons. The second-order valence-electron chi connectivity index (χ2n) is 20.2. The van der Waals surface area contributed by atoms with Crippen molar-refractivity contribution in [2.75, 3.05) is 13.2 Å². The zero-order valence-corrected chi connectivity index (χ0v) is 52.4. The normalized spacial score (nSPS) is 13.6. The van der Waals surface area contributed by atoms with Gasteiger partial charge in [-0.25, -0.2) is 0 Å². The topological polar surface area (TPSA) is 78.9 Å². The van der Waals surface area contributed by atoms with E-state index in [0.717, 1.165) is 173 Å². The Kier molecular flexibility index (Phi) is 63.1. The third kappa shape index (κ3) is 66.4. The van der Waals surface area contributed by atoms with Crippen LogP contribution in [0.1, 0.15) is 226 Å². The number of hydrogen-bond acceptors (Lipinski definition) is 6. The molecule has 0 aliphatic heterocycles. The summed E-state index contributed by atoms with van der Waals surface area (Å²) in [5, 5.41) is 0. The highest BCUT2D eigenvalue weighted by molar-refractivity contribution is 5.71. The molecule has 0 aromatic rings. The van der Waals surface area contributed by atoms with Crippen molar-refractivity contribution in [3.05, 3.63) is 219 Å². The summed E-state index contributed by atoms with van der Waals surface area (Å²) in [6.07, 6.45) is 107. The van der Waals surface area contributed by atoms with E-state index < -0.39 is 6.10 Å². The molecule has 0 radical (unpaired) electrons.